The van der Waals surface area contributed by atoms with E-state index in [1.165, 1.54) is 16.8 Å². The summed E-state index contributed by atoms with van der Waals surface area (Å²) in [7, 11) is 0. The Hall–Kier alpha value is -2.18. The molecule has 0 unspecified atom stereocenters. The Kier molecular flexibility index (Phi) is 5.89. The monoisotopic (exact) mass is 281 g/mol. The van der Waals surface area contributed by atoms with E-state index in [4.69, 9.17) is 5.11 Å². The molecule has 0 saturated carbocycles. The van der Waals surface area contributed by atoms with Crippen molar-refractivity contribution < 1.29 is 14.7 Å². The molecule has 0 aliphatic heterocycles. The van der Waals surface area contributed by atoms with Crippen LogP contribution in [0.2, 0.25) is 0 Å². The maximum Gasteiger partial charge on any atom is 0.326 e. The molecule has 0 aliphatic carbocycles. The highest BCUT2D eigenvalue weighted by molar-refractivity contribution is 5.94. The molecule has 2 N–H and O–H groups in total. The molecule has 1 heterocycles. The van der Waals surface area contributed by atoms with Crippen molar-refractivity contribution in [2.75, 3.05) is 0 Å². The lowest BCUT2D eigenvalue weighted by atomic mass is 10.1. The molecule has 1 aromatic rings. The summed E-state index contributed by atoms with van der Waals surface area (Å²) in [5, 5.41) is 15.3. The number of hydrogen-bond donors (Lipinski definition) is 2. The van der Waals surface area contributed by atoms with Gasteiger partial charge in [-0.3, -0.25) is 9.59 Å². The molecule has 1 atom stereocenters. The molecule has 0 aliphatic rings. The second-order valence-electron chi connectivity index (χ2n) is 4.43. The lowest BCUT2D eigenvalue weighted by Crippen LogP contribution is -2.41. The number of carbonyl (C=O) groups excluding carboxylic acids is 1. The van der Waals surface area contributed by atoms with Gasteiger partial charge in [0.05, 0.1) is 0 Å². The van der Waals surface area contributed by atoms with Crippen LogP contribution in [0.5, 0.6) is 0 Å². The highest BCUT2D eigenvalue weighted by Crippen LogP contribution is 2.00. The highest BCUT2D eigenvalue weighted by atomic mass is 16.4. The van der Waals surface area contributed by atoms with Crippen molar-refractivity contribution in [1.29, 1.82) is 0 Å². The summed E-state index contributed by atoms with van der Waals surface area (Å²) >= 11 is 0. The van der Waals surface area contributed by atoms with Gasteiger partial charge in [0.1, 0.15) is 11.7 Å². The maximum absolute atomic E-state index is 11.9. The van der Waals surface area contributed by atoms with Gasteiger partial charge >= 0.3 is 5.97 Å². The van der Waals surface area contributed by atoms with Gasteiger partial charge in [-0.05, 0) is 18.9 Å². The fraction of sp³-hybridized carbons (Fsp3) is 0.538. The minimum atomic E-state index is -1.08. The number of carboxylic acid groups (broad SMARTS) is 1. The quantitative estimate of drug-likeness (QED) is 0.763. The molecule has 0 fully saturated rings. The number of nitrogens with zero attached hydrogens (tertiary/aromatic N) is 2. The Morgan fingerprint density at radius 2 is 2.05 bits per heavy atom. The predicted molar refractivity (Wildman–Crippen MR) is 72.6 cm³/mol. The van der Waals surface area contributed by atoms with Crippen molar-refractivity contribution in [1.82, 2.24) is 15.1 Å². The van der Waals surface area contributed by atoms with E-state index in [1.807, 2.05) is 13.8 Å². The summed E-state index contributed by atoms with van der Waals surface area (Å²) in [4.78, 5) is 34.4. The maximum atomic E-state index is 11.9. The minimum Gasteiger partial charge on any atom is -0.480 e. The van der Waals surface area contributed by atoms with Gasteiger partial charge in [0.15, 0.2) is 0 Å². The van der Waals surface area contributed by atoms with Crippen LogP contribution in [0.3, 0.4) is 0 Å². The Morgan fingerprint density at radius 1 is 1.35 bits per heavy atom. The van der Waals surface area contributed by atoms with Gasteiger partial charge in [0, 0.05) is 12.6 Å². The molecule has 0 spiro atoms. The second-order valence-corrected chi connectivity index (χ2v) is 4.43. The van der Waals surface area contributed by atoms with E-state index < -0.39 is 17.9 Å². The lowest BCUT2D eigenvalue weighted by molar-refractivity contribution is -0.139. The molecular weight excluding hydrogens is 262 g/mol. The number of nitrogens with one attached hydrogen (secondary N) is 1. The van der Waals surface area contributed by atoms with Gasteiger partial charge in [0.2, 0.25) is 0 Å². The van der Waals surface area contributed by atoms with Crippen LogP contribution in [0.1, 0.15) is 43.6 Å². The highest BCUT2D eigenvalue weighted by Gasteiger charge is 2.20. The van der Waals surface area contributed by atoms with Crippen LogP contribution in [-0.4, -0.2) is 32.8 Å². The smallest absolute Gasteiger partial charge is 0.326 e. The zero-order valence-electron chi connectivity index (χ0n) is 11.6. The number of carboxylic acids is 1. The Labute approximate surface area is 116 Å². The second kappa shape index (κ2) is 7.42. The SMILES string of the molecule is CCC[C@@H](NC(=O)c1ccc(=O)n(CCC)n1)C(=O)O. The van der Waals surface area contributed by atoms with Gasteiger partial charge in [-0.25, -0.2) is 9.48 Å². The number of aliphatic carboxylic acids is 1. The molecule has 0 bridgehead atoms. The molecule has 0 saturated heterocycles. The summed E-state index contributed by atoms with van der Waals surface area (Å²) in [6.45, 7) is 4.14. The molecule has 0 aromatic carbocycles. The molecule has 1 aromatic heterocycles. The third-order valence-corrected chi connectivity index (χ3v) is 2.72. The van der Waals surface area contributed by atoms with E-state index in [0.29, 0.717) is 25.8 Å². The normalized spacial score (nSPS) is 11.9. The summed E-state index contributed by atoms with van der Waals surface area (Å²) in [5.74, 6) is -1.67. The predicted octanol–water partition coefficient (Wildman–Crippen LogP) is 0.636. The van der Waals surface area contributed by atoms with E-state index >= 15 is 0 Å². The summed E-state index contributed by atoms with van der Waals surface area (Å²) in [6.07, 6.45) is 1.70. The molecule has 7 nitrogen and oxygen atoms in total. The first-order valence-electron chi connectivity index (χ1n) is 6.61. The molecular formula is C13H19N3O4. The van der Waals surface area contributed by atoms with Crippen molar-refractivity contribution in [2.45, 2.75) is 45.7 Å². The molecule has 0 radical (unpaired) electrons. The number of carbonyl (C=O) groups is 2. The minimum absolute atomic E-state index is 0.0420. The average Bonchev–Trinajstić information content (AvgIpc) is 2.40. The van der Waals surface area contributed by atoms with Crippen LogP contribution in [0, 0.1) is 0 Å². The van der Waals surface area contributed by atoms with Gasteiger partial charge in [-0.1, -0.05) is 20.3 Å². The summed E-state index contributed by atoms with van der Waals surface area (Å²) < 4.78 is 1.20. The van der Waals surface area contributed by atoms with Crippen molar-refractivity contribution >= 4 is 11.9 Å². The number of amides is 1. The van der Waals surface area contributed by atoms with E-state index in [1.54, 1.807) is 0 Å². The van der Waals surface area contributed by atoms with Crippen LogP contribution in [0.25, 0.3) is 0 Å². The van der Waals surface area contributed by atoms with Crippen molar-refractivity contribution in [2.24, 2.45) is 0 Å². The van der Waals surface area contributed by atoms with Gasteiger partial charge in [0.25, 0.3) is 11.5 Å². The van der Waals surface area contributed by atoms with E-state index in [2.05, 4.69) is 10.4 Å². The van der Waals surface area contributed by atoms with E-state index in [0.717, 1.165) is 0 Å². The van der Waals surface area contributed by atoms with E-state index in [9.17, 15) is 14.4 Å². The van der Waals surface area contributed by atoms with Crippen molar-refractivity contribution in [3.05, 3.63) is 28.2 Å². The number of aromatic nitrogens is 2. The number of hydrogen-bond acceptors (Lipinski definition) is 4. The fourth-order valence-corrected chi connectivity index (χ4v) is 1.72. The zero-order valence-corrected chi connectivity index (χ0v) is 11.6. The van der Waals surface area contributed by atoms with Gasteiger partial charge < -0.3 is 10.4 Å². The third kappa shape index (κ3) is 4.18. The van der Waals surface area contributed by atoms with Crippen LogP contribution >= 0.6 is 0 Å². The Balaban J connectivity index is 2.88. The summed E-state index contributed by atoms with van der Waals surface area (Å²) in [6, 6.07) is 1.61. The molecule has 1 rings (SSSR count). The van der Waals surface area contributed by atoms with Gasteiger partial charge in [-0.2, -0.15) is 5.10 Å². The summed E-state index contributed by atoms with van der Waals surface area (Å²) in [5.41, 5.74) is -0.243. The zero-order chi connectivity index (χ0) is 15.1. The first kappa shape index (κ1) is 15.9. The average molecular weight is 281 g/mol. The third-order valence-electron chi connectivity index (χ3n) is 2.72. The lowest BCUT2D eigenvalue weighted by Gasteiger charge is -2.13. The molecule has 7 heteroatoms. The fourth-order valence-electron chi connectivity index (χ4n) is 1.72. The standard InChI is InChI=1S/C13H19N3O4/c1-3-5-10(13(19)20)14-12(18)9-6-7-11(17)16(15-9)8-4-2/h6-7,10H,3-5,8H2,1-2H3,(H,14,18)(H,19,20)/t10-/m1/s1. The van der Waals surface area contributed by atoms with Crippen LogP contribution in [-0.2, 0) is 11.3 Å². The van der Waals surface area contributed by atoms with Crippen molar-refractivity contribution in [3.63, 3.8) is 0 Å². The largest absolute Gasteiger partial charge is 0.480 e. The van der Waals surface area contributed by atoms with Crippen LogP contribution in [0.15, 0.2) is 16.9 Å². The first-order chi connectivity index (χ1) is 9.49. The first-order valence-corrected chi connectivity index (χ1v) is 6.61. The van der Waals surface area contributed by atoms with Crippen LogP contribution in [0.4, 0.5) is 0 Å². The number of aryl methyl sites for hydroxylation is 1. The van der Waals surface area contributed by atoms with Crippen LogP contribution < -0.4 is 10.9 Å². The molecule has 110 valence electrons. The molecule has 20 heavy (non-hydrogen) atoms. The van der Waals surface area contributed by atoms with Gasteiger partial charge in [-0.15, -0.1) is 0 Å². The van der Waals surface area contributed by atoms with E-state index in [-0.39, 0.29) is 11.3 Å². The Bertz CT molecular complexity index is 539. The van der Waals surface area contributed by atoms with Crippen molar-refractivity contribution in [3.8, 4) is 0 Å². The molecule has 1 amide bonds. The number of rotatable bonds is 7. The topological polar surface area (TPSA) is 101 Å². The Morgan fingerprint density at radius 3 is 2.60 bits per heavy atom.